The van der Waals surface area contributed by atoms with Gasteiger partial charge in [0.25, 0.3) is 0 Å². The van der Waals surface area contributed by atoms with Crippen LogP contribution in [0, 0.1) is 0 Å². The summed E-state index contributed by atoms with van der Waals surface area (Å²) in [6.07, 6.45) is 1.06. The maximum absolute atomic E-state index is 11.9. The Balaban J connectivity index is 1.82. The monoisotopic (exact) mass is 367 g/mol. The Morgan fingerprint density at radius 1 is 1.32 bits per heavy atom. The van der Waals surface area contributed by atoms with Crippen molar-refractivity contribution in [2.75, 3.05) is 30.1 Å². The van der Waals surface area contributed by atoms with Gasteiger partial charge in [0, 0.05) is 31.6 Å². The highest BCUT2D eigenvalue weighted by molar-refractivity contribution is 7.89. The average molecular weight is 367 g/mol. The first-order chi connectivity index (χ1) is 11.7. The second-order valence-corrected chi connectivity index (χ2v) is 7.86. The summed E-state index contributed by atoms with van der Waals surface area (Å²) in [5.74, 6) is -0.353. The first-order valence-corrected chi connectivity index (χ1v) is 9.63. The van der Waals surface area contributed by atoms with Crippen LogP contribution in [-0.2, 0) is 15.6 Å². The molecule has 0 bridgehead atoms. The fraction of sp³-hybridized carbons (Fsp3) is 0.400. The average Bonchev–Trinajstić information content (AvgIpc) is 2.97. The van der Waals surface area contributed by atoms with Crippen LogP contribution in [0.5, 0.6) is 0 Å². The number of nitrogens with zero attached hydrogens (tertiary/aromatic N) is 3. The van der Waals surface area contributed by atoms with Gasteiger partial charge in [-0.15, -0.1) is 0 Å². The number of rotatable bonds is 7. The smallest absolute Gasteiger partial charge is 0.329 e. The van der Waals surface area contributed by atoms with Gasteiger partial charge in [-0.2, -0.15) is 4.98 Å². The summed E-state index contributed by atoms with van der Waals surface area (Å²) in [6, 6.07) is 9.19. The summed E-state index contributed by atoms with van der Waals surface area (Å²) in [5.41, 5.74) is 1.04. The van der Waals surface area contributed by atoms with Crippen LogP contribution < -0.4 is 15.5 Å². The summed E-state index contributed by atoms with van der Waals surface area (Å²) in [6.45, 7) is 2.37. The van der Waals surface area contributed by atoms with E-state index in [1.165, 1.54) is 0 Å². The predicted octanol–water partition coefficient (Wildman–Crippen LogP) is 1.26. The van der Waals surface area contributed by atoms with Crippen LogP contribution in [0.2, 0.25) is 0 Å². The van der Waals surface area contributed by atoms with Crippen LogP contribution in [0.1, 0.15) is 12.7 Å². The molecule has 1 atom stereocenters. The SMILES string of the molecule is C[C@@H](CNC(=O)Nc1nc(CS(C)(=O)=O)no1)N(C)c1ccccc1. The van der Waals surface area contributed by atoms with E-state index in [9.17, 15) is 13.2 Å². The lowest BCUT2D eigenvalue weighted by Crippen LogP contribution is -2.41. The number of nitrogens with one attached hydrogen (secondary N) is 2. The molecule has 1 aromatic carbocycles. The Kier molecular flexibility index (Phi) is 5.97. The third kappa shape index (κ3) is 6.07. The maximum atomic E-state index is 11.9. The summed E-state index contributed by atoms with van der Waals surface area (Å²) >= 11 is 0. The maximum Gasteiger partial charge on any atom is 0.329 e. The fourth-order valence-corrected chi connectivity index (χ4v) is 2.62. The van der Waals surface area contributed by atoms with Gasteiger partial charge in [0.1, 0.15) is 5.75 Å². The van der Waals surface area contributed by atoms with Crippen molar-refractivity contribution in [1.29, 1.82) is 0 Å². The molecule has 2 amide bonds. The molecule has 0 spiro atoms. The molecule has 0 saturated carbocycles. The molecular formula is C15H21N5O4S. The number of aromatic nitrogens is 2. The number of anilines is 2. The van der Waals surface area contributed by atoms with Crippen LogP contribution >= 0.6 is 0 Å². The standard InChI is InChI=1S/C15H21N5O4S/c1-11(20(2)12-7-5-4-6-8-12)9-16-14(21)18-15-17-13(19-24-15)10-25(3,22)23/h4-8,11H,9-10H2,1-3H3,(H2,16,17,18,19,21)/t11-/m0/s1. The van der Waals surface area contributed by atoms with Gasteiger partial charge in [-0.1, -0.05) is 23.4 Å². The van der Waals surface area contributed by atoms with Gasteiger partial charge in [0.15, 0.2) is 15.7 Å². The normalized spacial score (nSPS) is 12.4. The van der Waals surface area contributed by atoms with Crippen molar-refractivity contribution in [2.45, 2.75) is 18.7 Å². The molecule has 0 aliphatic carbocycles. The Hall–Kier alpha value is -2.62. The van der Waals surface area contributed by atoms with Gasteiger partial charge >= 0.3 is 12.0 Å². The fourth-order valence-electron chi connectivity index (χ4n) is 2.03. The van der Waals surface area contributed by atoms with Gasteiger partial charge in [0.05, 0.1) is 0 Å². The van der Waals surface area contributed by atoms with Crippen LogP contribution in [0.15, 0.2) is 34.9 Å². The summed E-state index contributed by atoms with van der Waals surface area (Å²) < 4.78 is 27.1. The van der Waals surface area contributed by atoms with Gasteiger partial charge in [-0.05, 0) is 19.1 Å². The molecule has 25 heavy (non-hydrogen) atoms. The second kappa shape index (κ2) is 7.97. The summed E-state index contributed by atoms with van der Waals surface area (Å²) in [4.78, 5) is 17.7. The van der Waals surface area contributed by atoms with E-state index < -0.39 is 15.9 Å². The third-order valence-corrected chi connectivity index (χ3v) is 4.25. The molecule has 0 aliphatic rings. The van der Waals surface area contributed by atoms with Crippen molar-refractivity contribution in [1.82, 2.24) is 15.5 Å². The minimum atomic E-state index is -3.27. The summed E-state index contributed by atoms with van der Waals surface area (Å²) in [7, 11) is -1.33. The molecular weight excluding hydrogens is 346 g/mol. The van der Waals surface area contributed by atoms with E-state index >= 15 is 0 Å². The molecule has 2 N–H and O–H groups in total. The summed E-state index contributed by atoms with van der Waals surface area (Å²) in [5, 5.41) is 8.58. The Labute approximate surface area is 146 Å². The van der Waals surface area contributed by atoms with Crippen molar-refractivity contribution in [3.05, 3.63) is 36.2 Å². The quantitative estimate of drug-likeness (QED) is 0.756. The van der Waals surface area contributed by atoms with E-state index in [1.807, 2.05) is 49.2 Å². The lowest BCUT2D eigenvalue weighted by molar-refractivity contribution is 0.250. The zero-order valence-corrected chi connectivity index (χ0v) is 15.1. The number of hydrogen-bond donors (Lipinski definition) is 2. The molecule has 1 heterocycles. The Morgan fingerprint density at radius 2 is 2.00 bits per heavy atom. The third-order valence-electron chi connectivity index (χ3n) is 3.46. The van der Waals surface area contributed by atoms with E-state index in [-0.39, 0.29) is 23.6 Å². The molecule has 136 valence electrons. The van der Waals surface area contributed by atoms with Crippen molar-refractivity contribution in [2.24, 2.45) is 0 Å². The first kappa shape index (κ1) is 18.7. The largest absolute Gasteiger partial charge is 0.370 e. The second-order valence-electron chi connectivity index (χ2n) is 5.72. The lowest BCUT2D eigenvalue weighted by atomic mass is 10.2. The molecule has 10 heteroatoms. The molecule has 2 aromatic rings. The van der Waals surface area contributed by atoms with Crippen LogP contribution in [0.4, 0.5) is 16.5 Å². The molecule has 0 radical (unpaired) electrons. The molecule has 0 unspecified atom stereocenters. The van der Waals surface area contributed by atoms with Crippen LogP contribution in [-0.4, -0.2) is 50.5 Å². The van der Waals surface area contributed by atoms with Crippen LogP contribution in [0.25, 0.3) is 0 Å². The zero-order chi connectivity index (χ0) is 18.4. The van der Waals surface area contributed by atoms with E-state index in [2.05, 4.69) is 20.8 Å². The van der Waals surface area contributed by atoms with Gasteiger partial charge in [-0.3, -0.25) is 5.32 Å². The highest BCUT2D eigenvalue weighted by Crippen LogP contribution is 2.13. The van der Waals surface area contributed by atoms with Gasteiger partial charge < -0.3 is 14.7 Å². The van der Waals surface area contributed by atoms with Crippen molar-refractivity contribution < 1.29 is 17.7 Å². The lowest BCUT2D eigenvalue weighted by Gasteiger charge is -2.27. The molecule has 0 fully saturated rings. The van der Waals surface area contributed by atoms with Crippen LogP contribution in [0.3, 0.4) is 0 Å². The van der Waals surface area contributed by atoms with Crippen molar-refractivity contribution in [3.8, 4) is 0 Å². The van der Waals surface area contributed by atoms with Crippen molar-refractivity contribution in [3.63, 3.8) is 0 Å². The van der Waals surface area contributed by atoms with E-state index in [1.54, 1.807) is 0 Å². The molecule has 9 nitrogen and oxygen atoms in total. The number of para-hydroxylation sites is 1. The van der Waals surface area contributed by atoms with E-state index in [0.29, 0.717) is 6.54 Å². The number of carbonyl (C=O) groups excluding carboxylic acids is 1. The highest BCUT2D eigenvalue weighted by atomic mass is 32.2. The Morgan fingerprint density at radius 3 is 2.64 bits per heavy atom. The zero-order valence-electron chi connectivity index (χ0n) is 14.3. The number of likely N-dealkylation sites (N-methyl/N-ethyl adjacent to an activating group) is 1. The topological polar surface area (TPSA) is 117 Å². The van der Waals surface area contributed by atoms with E-state index in [4.69, 9.17) is 4.52 Å². The number of urea groups is 1. The van der Waals surface area contributed by atoms with Gasteiger partial charge in [0.2, 0.25) is 0 Å². The number of carbonyl (C=O) groups is 1. The highest BCUT2D eigenvalue weighted by Gasteiger charge is 2.15. The number of amides is 2. The predicted molar refractivity (Wildman–Crippen MR) is 94.2 cm³/mol. The molecule has 0 saturated heterocycles. The number of hydrogen-bond acceptors (Lipinski definition) is 7. The van der Waals surface area contributed by atoms with E-state index in [0.717, 1.165) is 11.9 Å². The number of benzene rings is 1. The number of sulfone groups is 1. The first-order valence-electron chi connectivity index (χ1n) is 7.57. The van der Waals surface area contributed by atoms with Crippen molar-refractivity contribution >= 4 is 27.6 Å². The minimum absolute atomic E-state index is 0.00465. The minimum Gasteiger partial charge on any atom is -0.370 e. The molecule has 0 aliphatic heterocycles. The van der Waals surface area contributed by atoms with Gasteiger partial charge in [-0.25, -0.2) is 13.2 Å². The molecule has 2 rings (SSSR count). The Bertz CT molecular complexity index is 806. The molecule has 1 aromatic heterocycles.